The highest BCUT2D eigenvalue weighted by Crippen LogP contribution is 2.73. The molecule has 0 aromatic carbocycles. The first kappa shape index (κ1) is 11.0. The van der Waals surface area contributed by atoms with Gasteiger partial charge in [0.1, 0.15) is 0 Å². The minimum absolute atomic E-state index is 0.0295. The van der Waals surface area contributed by atoms with Gasteiger partial charge < -0.3 is 5.11 Å². The van der Waals surface area contributed by atoms with E-state index in [4.69, 9.17) is 0 Å². The first-order valence-corrected chi connectivity index (χ1v) is 6.05. The summed E-state index contributed by atoms with van der Waals surface area (Å²) < 4.78 is 0. The third-order valence-corrected chi connectivity index (χ3v) is 5.79. The summed E-state index contributed by atoms with van der Waals surface area (Å²) in [7, 11) is 0. The molecular weight excluding hydrogens is 188 g/mol. The van der Waals surface area contributed by atoms with Gasteiger partial charge in [-0.3, -0.25) is 4.79 Å². The van der Waals surface area contributed by atoms with Crippen LogP contribution in [0, 0.1) is 22.2 Å². The molecule has 0 heterocycles. The fourth-order valence-corrected chi connectivity index (χ4v) is 4.94. The molecule has 0 radical (unpaired) electrons. The lowest BCUT2D eigenvalue weighted by atomic mass is 9.51. The van der Waals surface area contributed by atoms with Crippen molar-refractivity contribution in [3.63, 3.8) is 0 Å². The van der Waals surface area contributed by atoms with E-state index < -0.39 is 11.4 Å². The van der Waals surface area contributed by atoms with Gasteiger partial charge in [-0.1, -0.05) is 27.7 Å². The van der Waals surface area contributed by atoms with Crippen molar-refractivity contribution >= 4 is 5.97 Å². The third-order valence-electron chi connectivity index (χ3n) is 5.79. The normalized spacial score (nSPS) is 47.1. The molecule has 2 saturated carbocycles. The molecule has 2 nitrogen and oxygen atoms in total. The number of aliphatic carboxylic acids is 1. The first-order valence-electron chi connectivity index (χ1n) is 6.05. The molecule has 86 valence electrons. The number of carbonyl (C=O) groups is 1. The second kappa shape index (κ2) is 2.78. The van der Waals surface area contributed by atoms with E-state index in [1.165, 1.54) is 6.42 Å². The van der Waals surface area contributed by atoms with E-state index >= 15 is 0 Å². The molecule has 2 aliphatic carbocycles. The summed E-state index contributed by atoms with van der Waals surface area (Å²) in [6, 6.07) is 0. The fraction of sp³-hybridized carbons (Fsp3) is 0.923. The van der Waals surface area contributed by atoms with Crippen LogP contribution in [0.3, 0.4) is 0 Å². The minimum atomic E-state index is -0.570. The zero-order valence-corrected chi connectivity index (χ0v) is 10.3. The van der Waals surface area contributed by atoms with Crippen LogP contribution in [0.2, 0.25) is 0 Å². The Morgan fingerprint density at radius 1 is 1.40 bits per heavy atom. The van der Waals surface area contributed by atoms with Crippen LogP contribution in [0.4, 0.5) is 0 Å². The lowest BCUT2D eigenvalue weighted by Gasteiger charge is -2.51. The lowest BCUT2D eigenvalue weighted by Crippen LogP contribution is -2.52. The van der Waals surface area contributed by atoms with E-state index in [9.17, 15) is 9.90 Å². The Balaban J connectivity index is 2.57. The van der Waals surface area contributed by atoms with Gasteiger partial charge in [-0.05, 0) is 42.4 Å². The Labute approximate surface area is 92.1 Å². The van der Waals surface area contributed by atoms with Crippen molar-refractivity contribution in [2.45, 2.75) is 53.4 Å². The maximum Gasteiger partial charge on any atom is 0.310 e. The van der Waals surface area contributed by atoms with Crippen molar-refractivity contribution in [3.8, 4) is 0 Å². The zero-order chi connectivity index (χ0) is 11.5. The minimum Gasteiger partial charge on any atom is -0.481 e. The molecule has 2 fully saturated rings. The van der Waals surface area contributed by atoms with Crippen molar-refractivity contribution in [2.24, 2.45) is 22.2 Å². The van der Waals surface area contributed by atoms with Crippen molar-refractivity contribution in [1.29, 1.82) is 0 Å². The van der Waals surface area contributed by atoms with Crippen LogP contribution in [-0.2, 0) is 4.79 Å². The highest BCUT2D eigenvalue weighted by Gasteiger charge is 2.71. The van der Waals surface area contributed by atoms with Crippen molar-refractivity contribution < 1.29 is 9.90 Å². The van der Waals surface area contributed by atoms with Crippen LogP contribution < -0.4 is 0 Å². The second-order valence-electron chi connectivity index (χ2n) is 6.29. The molecule has 0 amide bonds. The molecule has 0 spiro atoms. The smallest absolute Gasteiger partial charge is 0.310 e. The van der Waals surface area contributed by atoms with Crippen LogP contribution in [-0.4, -0.2) is 11.1 Å². The molecule has 2 rings (SSSR count). The molecule has 15 heavy (non-hydrogen) atoms. The molecule has 3 unspecified atom stereocenters. The Morgan fingerprint density at radius 3 is 2.27 bits per heavy atom. The summed E-state index contributed by atoms with van der Waals surface area (Å²) in [6.07, 6.45) is 4.20. The summed E-state index contributed by atoms with van der Waals surface area (Å²) in [5, 5.41) is 9.69. The summed E-state index contributed by atoms with van der Waals surface area (Å²) in [5.74, 6) is 0.0400. The van der Waals surface area contributed by atoms with Gasteiger partial charge in [0.15, 0.2) is 0 Å². The number of hydrogen-bond acceptors (Lipinski definition) is 1. The van der Waals surface area contributed by atoms with E-state index in [0.29, 0.717) is 5.92 Å². The van der Waals surface area contributed by atoms with E-state index in [1.807, 2.05) is 6.92 Å². The largest absolute Gasteiger partial charge is 0.481 e. The molecule has 2 bridgehead atoms. The SMILES string of the molecule is CCC1(C(=O)O)C2(C)CCC(C2)C1(C)C. The average Bonchev–Trinajstić information content (AvgIpc) is 2.55. The van der Waals surface area contributed by atoms with Crippen molar-refractivity contribution in [2.75, 3.05) is 0 Å². The molecule has 0 aromatic rings. The van der Waals surface area contributed by atoms with Gasteiger partial charge in [0.2, 0.25) is 0 Å². The molecule has 0 aromatic heterocycles. The predicted octanol–water partition coefficient (Wildman–Crippen LogP) is 3.31. The van der Waals surface area contributed by atoms with Crippen LogP contribution in [0.1, 0.15) is 53.4 Å². The van der Waals surface area contributed by atoms with Crippen molar-refractivity contribution in [1.82, 2.24) is 0 Å². The second-order valence-corrected chi connectivity index (χ2v) is 6.29. The summed E-state index contributed by atoms with van der Waals surface area (Å²) >= 11 is 0. The van der Waals surface area contributed by atoms with Crippen LogP contribution in [0.25, 0.3) is 0 Å². The molecule has 2 aliphatic rings. The third kappa shape index (κ3) is 0.938. The van der Waals surface area contributed by atoms with Gasteiger partial charge in [0, 0.05) is 0 Å². The summed E-state index contributed by atoms with van der Waals surface area (Å²) in [5.41, 5.74) is -0.509. The first-order chi connectivity index (χ1) is 6.82. The molecule has 3 atom stereocenters. The van der Waals surface area contributed by atoms with Crippen LogP contribution >= 0.6 is 0 Å². The Hall–Kier alpha value is -0.530. The van der Waals surface area contributed by atoms with Gasteiger partial charge in [-0.2, -0.15) is 0 Å². The van der Waals surface area contributed by atoms with Gasteiger partial charge in [0.05, 0.1) is 5.41 Å². The molecule has 2 heteroatoms. The van der Waals surface area contributed by atoms with Gasteiger partial charge in [-0.15, -0.1) is 0 Å². The summed E-state index contributed by atoms with van der Waals surface area (Å²) in [6.45, 7) is 8.57. The maximum absolute atomic E-state index is 11.8. The van der Waals surface area contributed by atoms with Gasteiger partial charge in [-0.25, -0.2) is 0 Å². The van der Waals surface area contributed by atoms with Crippen LogP contribution in [0.5, 0.6) is 0 Å². The van der Waals surface area contributed by atoms with Crippen LogP contribution in [0.15, 0.2) is 0 Å². The predicted molar refractivity (Wildman–Crippen MR) is 59.6 cm³/mol. The molecule has 0 aliphatic heterocycles. The lowest BCUT2D eigenvalue weighted by molar-refractivity contribution is -0.170. The average molecular weight is 210 g/mol. The van der Waals surface area contributed by atoms with E-state index in [-0.39, 0.29) is 10.8 Å². The van der Waals surface area contributed by atoms with Crippen molar-refractivity contribution in [3.05, 3.63) is 0 Å². The number of carboxylic acids is 1. The Bertz CT molecular complexity index is 301. The Morgan fingerprint density at radius 2 is 2.00 bits per heavy atom. The Kier molecular flexibility index (Phi) is 2.03. The number of carboxylic acid groups (broad SMARTS) is 1. The standard InChI is InChI=1S/C13H22O2/c1-5-13(10(14)15)11(2,3)9-6-7-12(13,4)8-9/h9H,5-8H2,1-4H3,(H,14,15). The monoisotopic (exact) mass is 210 g/mol. The topological polar surface area (TPSA) is 37.3 Å². The molecule has 1 N–H and O–H groups in total. The number of hydrogen-bond donors (Lipinski definition) is 1. The van der Waals surface area contributed by atoms with E-state index in [1.54, 1.807) is 0 Å². The highest BCUT2D eigenvalue weighted by molar-refractivity contribution is 5.78. The zero-order valence-electron chi connectivity index (χ0n) is 10.3. The fourth-order valence-electron chi connectivity index (χ4n) is 4.94. The number of fused-ring (bicyclic) bond motifs is 2. The highest BCUT2D eigenvalue weighted by atomic mass is 16.4. The number of rotatable bonds is 2. The van der Waals surface area contributed by atoms with E-state index in [2.05, 4.69) is 20.8 Å². The molecular formula is C13H22O2. The maximum atomic E-state index is 11.8. The summed E-state index contributed by atoms with van der Waals surface area (Å²) in [4.78, 5) is 11.8. The quantitative estimate of drug-likeness (QED) is 0.759. The van der Waals surface area contributed by atoms with E-state index in [0.717, 1.165) is 19.3 Å². The van der Waals surface area contributed by atoms with Gasteiger partial charge in [0.25, 0.3) is 0 Å². The molecule has 0 saturated heterocycles. The van der Waals surface area contributed by atoms with Gasteiger partial charge >= 0.3 is 5.97 Å².